The van der Waals surface area contributed by atoms with Gasteiger partial charge in [0.05, 0.1) is 12.8 Å². The van der Waals surface area contributed by atoms with Crippen molar-refractivity contribution in [3.05, 3.63) is 42.3 Å². The van der Waals surface area contributed by atoms with Gasteiger partial charge < -0.3 is 19.0 Å². The zero-order valence-corrected chi connectivity index (χ0v) is 15.1. The Morgan fingerprint density at radius 1 is 1.33 bits per heavy atom. The van der Waals surface area contributed by atoms with Gasteiger partial charge in [-0.05, 0) is 18.2 Å². The molecule has 3 aromatic heterocycles. The number of hydrogen-bond donors (Lipinski definition) is 1. The molecule has 0 spiro atoms. The van der Waals surface area contributed by atoms with Gasteiger partial charge in [-0.2, -0.15) is 5.10 Å². The number of nitrogens with zero attached hydrogens (tertiary/aromatic N) is 5. The van der Waals surface area contributed by atoms with Crippen LogP contribution in [-0.2, 0) is 0 Å². The number of carbonyl (C=O) groups is 1. The number of ether oxygens (including phenoxy) is 1. The standard InChI is InChI=1S/C18H20N6O3/c1-23(2)16-5-6-17(22-21-16)27-12-7-8-24(11-12)18(25)14-10-13(19-20-14)15-4-3-9-26-15/h3-6,9-10,12H,7-8,11H2,1-2H3,(H,19,20). The number of rotatable bonds is 5. The highest BCUT2D eigenvalue weighted by atomic mass is 16.5. The average Bonchev–Trinajstić information content (AvgIpc) is 3.42. The van der Waals surface area contributed by atoms with Crippen LogP contribution >= 0.6 is 0 Å². The minimum atomic E-state index is -0.135. The van der Waals surface area contributed by atoms with Crippen molar-refractivity contribution < 1.29 is 13.9 Å². The van der Waals surface area contributed by atoms with Crippen LogP contribution in [0.15, 0.2) is 41.0 Å². The number of aromatic nitrogens is 4. The molecule has 0 aromatic carbocycles. The fourth-order valence-electron chi connectivity index (χ4n) is 2.95. The van der Waals surface area contributed by atoms with Gasteiger partial charge in [0.1, 0.15) is 11.8 Å². The van der Waals surface area contributed by atoms with E-state index < -0.39 is 0 Å². The number of likely N-dealkylation sites (tertiary alicyclic amines) is 1. The molecule has 1 unspecified atom stereocenters. The van der Waals surface area contributed by atoms with Gasteiger partial charge in [-0.15, -0.1) is 10.2 Å². The fourth-order valence-corrected chi connectivity index (χ4v) is 2.95. The smallest absolute Gasteiger partial charge is 0.274 e. The summed E-state index contributed by atoms with van der Waals surface area (Å²) in [6, 6.07) is 8.93. The van der Waals surface area contributed by atoms with Gasteiger partial charge in [-0.3, -0.25) is 9.89 Å². The maximum absolute atomic E-state index is 12.7. The van der Waals surface area contributed by atoms with Crippen molar-refractivity contribution in [1.29, 1.82) is 0 Å². The van der Waals surface area contributed by atoms with E-state index in [1.165, 1.54) is 0 Å². The number of H-pyrrole nitrogens is 1. The molecule has 0 radical (unpaired) electrons. The van der Waals surface area contributed by atoms with E-state index in [1.54, 1.807) is 29.4 Å². The van der Waals surface area contributed by atoms with Crippen LogP contribution in [0.2, 0.25) is 0 Å². The zero-order chi connectivity index (χ0) is 18.8. The van der Waals surface area contributed by atoms with Crippen LogP contribution in [0, 0.1) is 0 Å². The third-order valence-corrected chi connectivity index (χ3v) is 4.39. The van der Waals surface area contributed by atoms with E-state index in [2.05, 4.69) is 20.4 Å². The Morgan fingerprint density at radius 3 is 2.93 bits per heavy atom. The molecular weight excluding hydrogens is 348 g/mol. The number of furan rings is 1. The van der Waals surface area contributed by atoms with Crippen LogP contribution in [0.1, 0.15) is 16.9 Å². The van der Waals surface area contributed by atoms with Crippen LogP contribution in [0.5, 0.6) is 5.88 Å². The van der Waals surface area contributed by atoms with Gasteiger partial charge in [0.2, 0.25) is 5.88 Å². The number of aromatic amines is 1. The summed E-state index contributed by atoms with van der Waals surface area (Å²) in [7, 11) is 3.80. The average molecular weight is 368 g/mol. The lowest BCUT2D eigenvalue weighted by Gasteiger charge is -2.16. The molecule has 9 heteroatoms. The third-order valence-electron chi connectivity index (χ3n) is 4.39. The fraction of sp³-hybridized carbons (Fsp3) is 0.333. The molecular formula is C18H20N6O3. The highest BCUT2D eigenvalue weighted by Gasteiger charge is 2.30. The molecule has 0 bridgehead atoms. The van der Waals surface area contributed by atoms with Crippen molar-refractivity contribution in [3.8, 4) is 17.3 Å². The van der Waals surface area contributed by atoms with Crippen molar-refractivity contribution in [2.24, 2.45) is 0 Å². The second-order valence-electron chi connectivity index (χ2n) is 6.55. The normalized spacial score (nSPS) is 16.5. The topological polar surface area (TPSA) is 100 Å². The van der Waals surface area contributed by atoms with Crippen LogP contribution in [0.25, 0.3) is 11.5 Å². The molecule has 1 fully saturated rings. The summed E-state index contributed by atoms with van der Waals surface area (Å²) in [5.74, 6) is 1.73. The molecule has 1 aliphatic heterocycles. The maximum Gasteiger partial charge on any atom is 0.274 e. The molecule has 0 saturated carbocycles. The molecule has 1 amide bonds. The highest BCUT2D eigenvalue weighted by molar-refractivity contribution is 5.93. The third kappa shape index (κ3) is 3.62. The summed E-state index contributed by atoms with van der Waals surface area (Å²) in [5, 5.41) is 15.1. The van der Waals surface area contributed by atoms with Gasteiger partial charge in [-0.1, -0.05) is 0 Å². The van der Waals surface area contributed by atoms with Gasteiger partial charge in [0, 0.05) is 39.2 Å². The predicted molar refractivity (Wildman–Crippen MR) is 97.6 cm³/mol. The van der Waals surface area contributed by atoms with Crippen LogP contribution < -0.4 is 9.64 Å². The molecule has 0 aliphatic carbocycles. The van der Waals surface area contributed by atoms with Crippen LogP contribution in [0.4, 0.5) is 5.82 Å². The molecule has 4 heterocycles. The lowest BCUT2D eigenvalue weighted by Crippen LogP contribution is -2.31. The molecule has 4 rings (SSSR count). The van der Waals surface area contributed by atoms with Crippen molar-refractivity contribution in [2.45, 2.75) is 12.5 Å². The molecule has 1 aliphatic rings. The number of amides is 1. The van der Waals surface area contributed by atoms with Gasteiger partial charge in [-0.25, -0.2) is 0 Å². The molecule has 27 heavy (non-hydrogen) atoms. The molecule has 1 atom stereocenters. The van der Waals surface area contributed by atoms with Crippen LogP contribution in [0.3, 0.4) is 0 Å². The van der Waals surface area contributed by atoms with Gasteiger partial charge in [0.15, 0.2) is 17.3 Å². The minimum absolute atomic E-state index is 0.114. The van der Waals surface area contributed by atoms with Gasteiger partial charge >= 0.3 is 0 Å². The summed E-state index contributed by atoms with van der Waals surface area (Å²) < 4.78 is 11.2. The summed E-state index contributed by atoms with van der Waals surface area (Å²) in [6.45, 7) is 1.09. The Balaban J connectivity index is 1.37. The number of anilines is 1. The van der Waals surface area contributed by atoms with Crippen LogP contribution in [-0.4, -0.2) is 64.5 Å². The first-order valence-electron chi connectivity index (χ1n) is 8.66. The van der Waals surface area contributed by atoms with Crippen molar-refractivity contribution in [2.75, 3.05) is 32.1 Å². The second kappa shape index (κ2) is 7.10. The lowest BCUT2D eigenvalue weighted by molar-refractivity contribution is 0.0765. The minimum Gasteiger partial charge on any atom is -0.471 e. The Hall–Kier alpha value is -3.36. The molecule has 1 N–H and O–H groups in total. The molecule has 1 saturated heterocycles. The van der Waals surface area contributed by atoms with E-state index in [9.17, 15) is 4.79 Å². The summed E-state index contributed by atoms with van der Waals surface area (Å²) in [5.41, 5.74) is 1.03. The Bertz CT molecular complexity index is 904. The SMILES string of the molecule is CN(C)c1ccc(OC2CCN(C(=O)c3cc(-c4ccco4)[nH]n3)C2)nn1. The second-order valence-corrected chi connectivity index (χ2v) is 6.55. The first-order chi connectivity index (χ1) is 13.1. The first kappa shape index (κ1) is 17.1. The summed E-state index contributed by atoms with van der Waals surface area (Å²) in [6.07, 6.45) is 2.20. The van der Waals surface area contributed by atoms with Crippen molar-refractivity contribution in [3.63, 3.8) is 0 Å². The molecule has 3 aromatic rings. The first-order valence-corrected chi connectivity index (χ1v) is 8.66. The number of carbonyl (C=O) groups excluding carboxylic acids is 1. The lowest BCUT2D eigenvalue weighted by atomic mass is 10.3. The van der Waals surface area contributed by atoms with E-state index in [1.807, 2.05) is 31.1 Å². The van der Waals surface area contributed by atoms with Crippen molar-refractivity contribution in [1.82, 2.24) is 25.3 Å². The predicted octanol–water partition coefficient (Wildman–Crippen LogP) is 1.82. The maximum atomic E-state index is 12.7. The van der Waals surface area contributed by atoms with E-state index >= 15 is 0 Å². The van der Waals surface area contributed by atoms with E-state index in [4.69, 9.17) is 9.15 Å². The van der Waals surface area contributed by atoms with Crippen molar-refractivity contribution >= 4 is 11.7 Å². The highest BCUT2D eigenvalue weighted by Crippen LogP contribution is 2.21. The Kier molecular flexibility index (Phi) is 4.49. The summed E-state index contributed by atoms with van der Waals surface area (Å²) in [4.78, 5) is 16.3. The zero-order valence-electron chi connectivity index (χ0n) is 15.1. The molecule has 9 nitrogen and oxygen atoms in total. The Morgan fingerprint density at radius 2 is 2.22 bits per heavy atom. The quantitative estimate of drug-likeness (QED) is 0.733. The van der Waals surface area contributed by atoms with Gasteiger partial charge in [0.25, 0.3) is 5.91 Å². The number of nitrogens with one attached hydrogen (secondary N) is 1. The molecule has 140 valence electrons. The van der Waals surface area contributed by atoms with E-state index in [0.717, 1.165) is 12.2 Å². The number of hydrogen-bond acceptors (Lipinski definition) is 7. The summed E-state index contributed by atoms with van der Waals surface area (Å²) >= 11 is 0. The largest absolute Gasteiger partial charge is 0.471 e. The monoisotopic (exact) mass is 368 g/mol. The Labute approximate surface area is 155 Å². The van der Waals surface area contributed by atoms with E-state index in [0.29, 0.717) is 36.1 Å². The van der Waals surface area contributed by atoms with E-state index in [-0.39, 0.29) is 12.0 Å².